The van der Waals surface area contributed by atoms with Crippen LogP contribution in [-0.2, 0) is 4.79 Å². The lowest BCUT2D eigenvalue weighted by atomic mass is 9.89. The van der Waals surface area contributed by atoms with Crippen LogP contribution in [0.5, 0.6) is 0 Å². The molecule has 1 aliphatic rings. The van der Waals surface area contributed by atoms with E-state index in [4.69, 9.17) is 22.3 Å². The average molecular weight is 447 g/mol. The van der Waals surface area contributed by atoms with Gasteiger partial charge in [0, 0.05) is 22.4 Å². The maximum atomic E-state index is 12.8. The minimum absolute atomic E-state index is 0.0149. The first-order chi connectivity index (χ1) is 15.6. The van der Waals surface area contributed by atoms with Gasteiger partial charge in [0.25, 0.3) is 0 Å². The zero-order valence-corrected chi connectivity index (χ0v) is 18.2. The molecule has 1 amide bonds. The molecule has 2 aromatic carbocycles. The summed E-state index contributed by atoms with van der Waals surface area (Å²) in [5.41, 5.74) is 9.87. The minimum atomic E-state index is -0.0487. The number of aromatic nitrogens is 4. The van der Waals surface area contributed by atoms with Gasteiger partial charge in [-0.2, -0.15) is 5.10 Å². The molecule has 0 radical (unpaired) electrons. The van der Waals surface area contributed by atoms with E-state index in [0.29, 0.717) is 16.4 Å². The third kappa shape index (κ3) is 3.91. The largest absolute Gasteiger partial charge is 0.381 e. The Balaban J connectivity index is 1.61. The smallest absolute Gasteiger partial charge is 0.228 e. The van der Waals surface area contributed by atoms with Crippen LogP contribution in [-0.4, -0.2) is 26.1 Å². The van der Waals surface area contributed by atoms with Crippen LogP contribution in [0, 0.1) is 5.92 Å². The molecule has 32 heavy (non-hydrogen) atoms. The van der Waals surface area contributed by atoms with Gasteiger partial charge in [-0.1, -0.05) is 61.2 Å². The van der Waals surface area contributed by atoms with Crippen LogP contribution in [0.3, 0.4) is 0 Å². The molecule has 0 atom stereocenters. The van der Waals surface area contributed by atoms with Gasteiger partial charge >= 0.3 is 0 Å². The molecular formula is C24H23ClN6O. The van der Waals surface area contributed by atoms with Crippen molar-refractivity contribution in [2.45, 2.75) is 32.1 Å². The number of nitrogens with one attached hydrogen (secondary N) is 2. The van der Waals surface area contributed by atoms with Crippen molar-refractivity contribution in [3.63, 3.8) is 0 Å². The third-order valence-electron chi connectivity index (χ3n) is 5.96. The van der Waals surface area contributed by atoms with E-state index in [1.807, 2.05) is 42.5 Å². The Hall–Kier alpha value is -3.45. The van der Waals surface area contributed by atoms with Crippen molar-refractivity contribution in [3.8, 4) is 22.5 Å². The van der Waals surface area contributed by atoms with Gasteiger partial charge < -0.3 is 11.1 Å². The van der Waals surface area contributed by atoms with Gasteiger partial charge in [0.2, 0.25) is 5.91 Å². The Morgan fingerprint density at radius 2 is 1.78 bits per heavy atom. The molecule has 5 rings (SSSR count). The highest BCUT2D eigenvalue weighted by molar-refractivity contribution is 6.35. The number of carbonyl (C=O) groups excluding carboxylic acids is 1. The molecule has 2 aromatic heterocycles. The van der Waals surface area contributed by atoms with Gasteiger partial charge in [0.1, 0.15) is 0 Å². The van der Waals surface area contributed by atoms with Crippen molar-refractivity contribution in [2.75, 3.05) is 11.1 Å². The molecule has 0 bridgehead atoms. The van der Waals surface area contributed by atoms with Gasteiger partial charge in [-0.05, 0) is 25.0 Å². The number of nitrogens with two attached hydrogens (primary N) is 1. The lowest BCUT2D eigenvalue weighted by Gasteiger charge is -2.21. The van der Waals surface area contributed by atoms with E-state index in [-0.39, 0.29) is 23.5 Å². The summed E-state index contributed by atoms with van der Waals surface area (Å²) >= 11 is 6.49. The molecule has 0 spiro atoms. The number of nitrogen functional groups attached to an aromatic ring is 1. The van der Waals surface area contributed by atoms with Crippen molar-refractivity contribution in [2.24, 2.45) is 5.92 Å². The molecule has 2 heterocycles. The van der Waals surface area contributed by atoms with Crippen molar-refractivity contribution < 1.29 is 4.79 Å². The van der Waals surface area contributed by atoms with Crippen LogP contribution in [0.25, 0.3) is 33.4 Å². The van der Waals surface area contributed by atoms with Gasteiger partial charge in [-0.25, -0.2) is 9.97 Å². The lowest BCUT2D eigenvalue weighted by molar-refractivity contribution is -0.120. The van der Waals surface area contributed by atoms with E-state index in [2.05, 4.69) is 20.5 Å². The van der Waals surface area contributed by atoms with Crippen molar-refractivity contribution >= 4 is 40.0 Å². The number of amides is 1. The number of nitrogens with zero attached hydrogens (tertiary/aromatic N) is 3. The van der Waals surface area contributed by atoms with Crippen LogP contribution >= 0.6 is 11.6 Å². The number of H-pyrrole nitrogens is 1. The van der Waals surface area contributed by atoms with Crippen molar-refractivity contribution in [1.82, 2.24) is 20.2 Å². The first kappa shape index (κ1) is 20.5. The molecule has 4 N–H and O–H groups in total. The number of anilines is 2. The number of hydrogen-bond donors (Lipinski definition) is 3. The fourth-order valence-corrected chi connectivity index (χ4v) is 4.54. The molecule has 1 saturated carbocycles. The van der Waals surface area contributed by atoms with Crippen LogP contribution in [0.4, 0.5) is 11.6 Å². The summed E-state index contributed by atoms with van der Waals surface area (Å²) in [7, 11) is 0. The van der Waals surface area contributed by atoms with Gasteiger partial charge in [-0.3, -0.25) is 9.89 Å². The van der Waals surface area contributed by atoms with Gasteiger partial charge in [-0.15, -0.1) is 0 Å². The predicted octanol–water partition coefficient (Wildman–Crippen LogP) is 5.44. The monoisotopic (exact) mass is 446 g/mol. The van der Waals surface area contributed by atoms with Crippen molar-refractivity contribution in [3.05, 3.63) is 53.7 Å². The number of hydrogen-bond acceptors (Lipinski definition) is 5. The first-order valence-corrected chi connectivity index (χ1v) is 11.1. The Bertz CT molecular complexity index is 1280. The number of benzene rings is 2. The fourth-order valence-electron chi connectivity index (χ4n) is 4.27. The molecule has 0 unspecified atom stereocenters. The predicted molar refractivity (Wildman–Crippen MR) is 127 cm³/mol. The van der Waals surface area contributed by atoms with Crippen LogP contribution in [0.2, 0.25) is 5.02 Å². The summed E-state index contributed by atoms with van der Waals surface area (Å²) < 4.78 is 0. The molecule has 0 saturated heterocycles. The second-order valence-corrected chi connectivity index (χ2v) is 8.54. The number of halogens is 1. The Labute approximate surface area is 190 Å². The highest BCUT2D eigenvalue weighted by atomic mass is 35.5. The van der Waals surface area contributed by atoms with Crippen LogP contribution < -0.4 is 11.1 Å². The summed E-state index contributed by atoms with van der Waals surface area (Å²) in [5, 5.41) is 11.3. The van der Waals surface area contributed by atoms with E-state index in [9.17, 15) is 4.79 Å². The number of rotatable bonds is 4. The van der Waals surface area contributed by atoms with E-state index in [1.54, 1.807) is 6.20 Å². The Kier molecular flexibility index (Phi) is 5.49. The van der Waals surface area contributed by atoms with Gasteiger partial charge in [0.15, 0.2) is 11.6 Å². The van der Waals surface area contributed by atoms with Crippen molar-refractivity contribution in [1.29, 1.82) is 0 Å². The second-order valence-electron chi connectivity index (χ2n) is 8.14. The zero-order valence-electron chi connectivity index (χ0n) is 17.4. The quantitative estimate of drug-likeness (QED) is 0.386. The summed E-state index contributed by atoms with van der Waals surface area (Å²) in [6, 6.07) is 13.5. The summed E-state index contributed by atoms with van der Waals surface area (Å²) in [5.74, 6) is 0.400. The standard InChI is InChI=1S/C24H23ClN6O/c25-18-12-16(11-17-13-27-31-19(17)18)21-20(14-7-3-1-4-8-14)28-22(26)23(29-21)30-24(32)15-9-5-2-6-10-15/h1,3-4,7-8,11-13,15H,2,5-6,9-10H2,(H2,26,28)(H,27,31)(H,29,30,32). The molecule has 1 fully saturated rings. The molecule has 0 aliphatic heterocycles. The Morgan fingerprint density at radius 3 is 2.56 bits per heavy atom. The molecular weight excluding hydrogens is 424 g/mol. The second kappa shape index (κ2) is 8.59. The average Bonchev–Trinajstić information content (AvgIpc) is 3.31. The maximum Gasteiger partial charge on any atom is 0.228 e. The van der Waals surface area contributed by atoms with E-state index in [0.717, 1.165) is 47.7 Å². The molecule has 1 aliphatic carbocycles. The normalized spacial score (nSPS) is 14.5. The van der Waals surface area contributed by atoms with Gasteiger partial charge in [0.05, 0.1) is 28.1 Å². The first-order valence-electron chi connectivity index (χ1n) is 10.8. The third-order valence-corrected chi connectivity index (χ3v) is 6.26. The highest BCUT2D eigenvalue weighted by Crippen LogP contribution is 2.36. The Morgan fingerprint density at radius 1 is 1.03 bits per heavy atom. The number of fused-ring (bicyclic) bond motifs is 1. The lowest BCUT2D eigenvalue weighted by Crippen LogP contribution is -2.26. The minimum Gasteiger partial charge on any atom is -0.381 e. The van der Waals surface area contributed by atoms with E-state index >= 15 is 0 Å². The van der Waals surface area contributed by atoms with E-state index in [1.165, 1.54) is 6.42 Å². The summed E-state index contributed by atoms with van der Waals surface area (Å²) in [6.07, 6.45) is 6.81. The summed E-state index contributed by atoms with van der Waals surface area (Å²) in [6.45, 7) is 0. The van der Waals surface area contributed by atoms with Crippen LogP contribution in [0.1, 0.15) is 32.1 Å². The zero-order chi connectivity index (χ0) is 22.1. The molecule has 7 nitrogen and oxygen atoms in total. The SMILES string of the molecule is Nc1nc(-c2ccccc2)c(-c2cc(Cl)c3[nH]ncc3c2)nc1NC(=O)C1CCCCC1. The highest BCUT2D eigenvalue weighted by Gasteiger charge is 2.24. The summed E-state index contributed by atoms with van der Waals surface area (Å²) in [4.78, 5) is 22.3. The molecule has 8 heteroatoms. The molecule has 4 aromatic rings. The van der Waals surface area contributed by atoms with Crippen LogP contribution in [0.15, 0.2) is 48.7 Å². The topological polar surface area (TPSA) is 110 Å². The number of aromatic amines is 1. The maximum absolute atomic E-state index is 12.8. The fraction of sp³-hybridized carbons (Fsp3) is 0.250. The molecule has 162 valence electrons. The van der Waals surface area contributed by atoms with E-state index < -0.39 is 0 Å². The number of carbonyl (C=O) groups is 1.